The van der Waals surface area contributed by atoms with Gasteiger partial charge in [-0.2, -0.15) is 4.98 Å². The molecular weight excluding hydrogens is 204 g/mol. The van der Waals surface area contributed by atoms with Gasteiger partial charge in [-0.3, -0.25) is 4.98 Å². The molecule has 1 aliphatic rings. The summed E-state index contributed by atoms with van der Waals surface area (Å²) in [7, 11) is 0. The summed E-state index contributed by atoms with van der Waals surface area (Å²) >= 11 is 0. The molecule has 2 aromatic heterocycles. The molecule has 82 valence electrons. The van der Waals surface area contributed by atoms with Crippen LogP contribution in [0.15, 0.2) is 29.0 Å². The molecule has 1 fully saturated rings. The normalized spacial score (nSPS) is 17.3. The first-order chi connectivity index (χ1) is 7.84. The average Bonchev–Trinajstić information content (AvgIpc) is 3.08. The smallest absolute Gasteiger partial charge is 0.229 e. The van der Waals surface area contributed by atoms with Crippen LogP contribution in [-0.4, -0.2) is 15.1 Å². The van der Waals surface area contributed by atoms with E-state index >= 15 is 0 Å². The van der Waals surface area contributed by atoms with Gasteiger partial charge in [-0.25, -0.2) is 0 Å². The van der Waals surface area contributed by atoms with Gasteiger partial charge in [0.15, 0.2) is 5.82 Å². The van der Waals surface area contributed by atoms with Crippen molar-refractivity contribution >= 4 is 0 Å². The highest BCUT2D eigenvalue weighted by Crippen LogP contribution is 2.39. The number of rotatable bonds is 3. The van der Waals surface area contributed by atoms with Crippen molar-refractivity contribution in [1.82, 2.24) is 15.1 Å². The molecule has 0 amide bonds. The Bertz CT molecular complexity index is 478. The minimum Gasteiger partial charge on any atom is -0.339 e. The maximum atomic E-state index is 6.03. The van der Waals surface area contributed by atoms with E-state index in [1.54, 1.807) is 12.4 Å². The number of aromatic nitrogens is 3. The summed E-state index contributed by atoms with van der Waals surface area (Å²) in [6.45, 7) is 0. The number of nitrogens with zero attached hydrogens (tertiary/aromatic N) is 3. The van der Waals surface area contributed by atoms with Crippen LogP contribution in [0.25, 0.3) is 0 Å². The number of hydrogen-bond acceptors (Lipinski definition) is 5. The lowest BCUT2D eigenvalue weighted by molar-refractivity contribution is 0.372. The zero-order chi connectivity index (χ0) is 11.0. The standard InChI is InChI=1S/C11H12N4O/c12-9(8-2-1-5-13-6-8)10-14-11(16-15-10)7-3-4-7/h1-2,5-7,9H,3-4,12H2/t9-/m1/s1. The van der Waals surface area contributed by atoms with Crippen molar-refractivity contribution in [3.63, 3.8) is 0 Å². The summed E-state index contributed by atoms with van der Waals surface area (Å²) in [6, 6.07) is 3.40. The molecule has 0 radical (unpaired) electrons. The van der Waals surface area contributed by atoms with Gasteiger partial charge >= 0.3 is 0 Å². The zero-order valence-corrected chi connectivity index (χ0v) is 8.71. The first kappa shape index (κ1) is 9.47. The van der Waals surface area contributed by atoms with E-state index in [1.807, 2.05) is 12.1 Å². The number of hydrogen-bond donors (Lipinski definition) is 1. The molecule has 1 saturated carbocycles. The Kier molecular flexibility index (Phi) is 2.18. The van der Waals surface area contributed by atoms with Crippen molar-refractivity contribution in [3.8, 4) is 0 Å². The van der Waals surface area contributed by atoms with Gasteiger partial charge in [-0.05, 0) is 24.5 Å². The first-order valence-corrected chi connectivity index (χ1v) is 5.33. The second-order valence-electron chi connectivity index (χ2n) is 4.03. The van der Waals surface area contributed by atoms with Crippen LogP contribution in [0.3, 0.4) is 0 Å². The largest absolute Gasteiger partial charge is 0.339 e. The van der Waals surface area contributed by atoms with E-state index in [1.165, 1.54) is 0 Å². The summed E-state index contributed by atoms with van der Waals surface area (Å²) < 4.78 is 5.17. The fraction of sp³-hybridized carbons (Fsp3) is 0.364. The first-order valence-electron chi connectivity index (χ1n) is 5.33. The summed E-state index contributed by atoms with van der Waals surface area (Å²) in [4.78, 5) is 8.34. The third-order valence-electron chi connectivity index (χ3n) is 2.71. The lowest BCUT2D eigenvalue weighted by atomic mass is 10.1. The van der Waals surface area contributed by atoms with Crippen molar-refractivity contribution in [2.24, 2.45) is 5.73 Å². The predicted octanol–water partition coefficient (Wildman–Crippen LogP) is 1.39. The Morgan fingerprint density at radius 3 is 3.00 bits per heavy atom. The number of pyridine rings is 1. The maximum Gasteiger partial charge on any atom is 0.229 e. The van der Waals surface area contributed by atoms with E-state index in [-0.39, 0.29) is 6.04 Å². The maximum absolute atomic E-state index is 6.03. The molecule has 2 aromatic rings. The average molecular weight is 216 g/mol. The molecule has 1 aliphatic carbocycles. The lowest BCUT2D eigenvalue weighted by Crippen LogP contribution is -2.13. The van der Waals surface area contributed by atoms with Crippen molar-refractivity contribution in [2.45, 2.75) is 24.8 Å². The van der Waals surface area contributed by atoms with Crippen LogP contribution in [0.4, 0.5) is 0 Å². The third kappa shape index (κ3) is 1.69. The Balaban J connectivity index is 1.85. The molecule has 2 heterocycles. The highest BCUT2D eigenvalue weighted by atomic mass is 16.5. The summed E-state index contributed by atoms with van der Waals surface area (Å²) in [6.07, 6.45) is 5.72. The van der Waals surface area contributed by atoms with Crippen LogP contribution in [-0.2, 0) is 0 Å². The monoisotopic (exact) mass is 216 g/mol. The van der Waals surface area contributed by atoms with E-state index in [0.717, 1.165) is 18.4 Å². The molecule has 0 spiro atoms. The molecule has 0 aromatic carbocycles. The molecule has 16 heavy (non-hydrogen) atoms. The van der Waals surface area contributed by atoms with Crippen LogP contribution in [0, 0.1) is 0 Å². The van der Waals surface area contributed by atoms with Gasteiger partial charge in [0.05, 0.1) is 6.04 Å². The molecule has 3 rings (SSSR count). The van der Waals surface area contributed by atoms with Crippen LogP contribution >= 0.6 is 0 Å². The second kappa shape index (κ2) is 3.68. The predicted molar refractivity (Wildman–Crippen MR) is 56.5 cm³/mol. The van der Waals surface area contributed by atoms with Gasteiger partial charge in [0.1, 0.15) is 0 Å². The van der Waals surface area contributed by atoms with Gasteiger partial charge in [-0.15, -0.1) is 0 Å². The second-order valence-corrected chi connectivity index (χ2v) is 4.03. The molecular formula is C11H12N4O. The fourth-order valence-corrected chi connectivity index (χ4v) is 1.58. The van der Waals surface area contributed by atoms with Crippen molar-refractivity contribution in [3.05, 3.63) is 41.8 Å². The van der Waals surface area contributed by atoms with Gasteiger partial charge < -0.3 is 10.3 Å². The molecule has 0 unspecified atom stereocenters. The minimum atomic E-state index is -0.357. The third-order valence-corrected chi connectivity index (χ3v) is 2.71. The van der Waals surface area contributed by atoms with Crippen molar-refractivity contribution in [1.29, 1.82) is 0 Å². The fourth-order valence-electron chi connectivity index (χ4n) is 1.58. The molecule has 5 nitrogen and oxygen atoms in total. The van der Waals surface area contributed by atoms with Crippen LogP contribution < -0.4 is 5.73 Å². The quantitative estimate of drug-likeness (QED) is 0.838. The van der Waals surface area contributed by atoms with E-state index in [9.17, 15) is 0 Å². The molecule has 0 bridgehead atoms. The van der Waals surface area contributed by atoms with Crippen LogP contribution in [0.1, 0.15) is 42.1 Å². The zero-order valence-electron chi connectivity index (χ0n) is 8.71. The van der Waals surface area contributed by atoms with E-state index in [2.05, 4.69) is 15.1 Å². The molecule has 0 saturated heterocycles. The van der Waals surface area contributed by atoms with Crippen molar-refractivity contribution in [2.75, 3.05) is 0 Å². The lowest BCUT2D eigenvalue weighted by Gasteiger charge is -2.05. The topological polar surface area (TPSA) is 77.8 Å². The van der Waals surface area contributed by atoms with E-state index in [4.69, 9.17) is 10.3 Å². The molecule has 5 heteroatoms. The number of nitrogens with two attached hydrogens (primary N) is 1. The molecule has 1 atom stereocenters. The van der Waals surface area contributed by atoms with Gasteiger partial charge in [-0.1, -0.05) is 11.2 Å². The summed E-state index contributed by atoms with van der Waals surface area (Å²) in [5.41, 5.74) is 6.92. The highest BCUT2D eigenvalue weighted by Gasteiger charge is 2.30. The van der Waals surface area contributed by atoms with Gasteiger partial charge in [0, 0.05) is 18.3 Å². The highest BCUT2D eigenvalue weighted by molar-refractivity contribution is 5.20. The Hall–Kier alpha value is -1.75. The van der Waals surface area contributed by atoms with Gasteiger partial charge in [0.25, 0.3) is 0 Å². The SMILES string of the molecule is N[C@H](c1cccnc1)c1noc(C2CC2)n1. The van der Waals surface area contributed by atoms with Crippen LogP contribution in [0.5, 0.6) is 0 Å². The van der Waals surface area contributed by atoms with E-state index in [0.29, 0.717) is 17.6 Å². The Labute approximate surface area is 92.7 Å². The minimum absolute atomic E-state index is 0.357. The Morgan fingerprint density at radius 2 is 2.31 bits per heavy atom. The Morgan fingerprint density at radius 1 is 1.44 bits per heavy atom. The van der Waals surface area contributed by atoms with E-state index < -0.39 is 0 Å². The summed E-state index contributed by atoms with van der Waals surface area (Å²) in [5.74, 6) is 1.71. The van der Waals surface area contributed by atoms with Crippen LogP contribution in [0.2, 0.25) is 0 Å². The van der Waals surface area contributed by atoms with Gasteiger partial charge in [0.2, 0.25) is 5.89 Å². The molecule has 0 aliphatic heterocycles. The van der Waals surface area contributed by atoms with Crippen molar-refractivity contribution < 1.29 is 4.52 Å². The summed E-state index contributed by atoms with van der Waals surface area (Å²) in [5, 5.41) is 3.91. The molecule has 2 N–H and O–H groups in total.